The van der Waals surface area contributed by atoms with Gasteiger partial charge in [0.05, 0.1) is 5.41 Å². The van der Waals surface area contributed by atoms with Crippen molar-refractivity contribution in [2.24, 2.45) is 0 Å². The largest absolute Gasteiger partial charge is 0.345 e. The Hall–Kier alpha value is -4.10. The highest BCUT2D eigenvalue weighted by Gasteiger charge is 2.53. The normalized spacial score (nSPS) is 15.5. The molecule has 5 aromatic rings. The average molecular weight is 464 g/mol. The molecule has 1 nitrogen and oxygen atoms in total. The molecule has 0 atom stereocenters. The van der Waals surface area contributed by atoms with E-state index in [4.69, 9.17) is 0 Å². The van der Waals surface area contributed by atoms with Gasteiger partial charge in [-0.2, -0.15) is 0 Å². The second kappa shape index (κ2) is 7.45. The van der Waals surface area contributed by atoms with Gasteiger partial charge in [-0.05, 0) is 68.8 Å². The number of hydrogen-bond acceptors (Lipinski definition) is 1. The van der Waals surface area contributed by atoms with Crippen LogP contribution in [-0.4, -0.2) is 7.05 Å². The highest BCUT2D eigenvalue weighted by atomic mass is 15.1. The second-order valence-corrected chi connectivity index (χ2v) is 10.6. The number of fused-ring (bicyclic) bond motifs is 9. The summed E-state index contributed by atoms with van der Waals surface area (Å²) in [4.78, 5) is 2.29. The van der Waals surface area contributed by atoms with Crippen molar-refractivity contribution >= 4 is 11.4 Å². The lowest BCUT2D eigenvalue weighted by Crippen LogP contribution is -2.40. The Labute approximate surface area is 213 Å². The Morgan fingerprint density at radius 1 is 0.444 bits per heavy atom. The molecular formula is C35H29N. The molecule has 0 radical (unpaired) electrons. The van der Waals surface area contributed by atoms with Crippen LogP contribution in [0, 0.1) is 0 Å². The number of rotatable bonds is 2. The molecule has 0 aromatic heterocycles. The first-order chi connectivity index (χ1) is 17.5. The van der Waals surface area contributed by atoms with Crippen molar-refractivity contribution in [1.82, 2.24) is 0 Å². The third-order valence-electron chi connectivity index (χ3n) is 8.57. The van der Waals surface area contributed by atoms with Gasteiger partial charge in [-0.25, -0.2) is 0 Å². The monoisotopic (exact) mass is 463 g/mol. The fraction of sp³-hybridized carbons (Fsp3) is 0.143. The summed E-state index contributed by atoms with van der Waals surface area (Å²) in [6, 6.07) is 44.9. The van der Waals surface area contributed by atoms with Crippen molar-refractivity contribution in [2.75, 3.05) is 11.9 Å². The minimum absolute atomic E-state index is 0.0748. The van der Waals surface area contributed by atoms with Crippen molar-refractivity contribution in [3.05, 3.63) is 155 Å². The first-order valence-electron chi connectivity index (χ1n) is 12.8. The smallest absolute Gasteiger partial charge is 0.0720 e. The summed E-state index contributed by atoms with van der Waals surface area (Å²) in [6.07, 6.45) is 0. The van der Waals surface area contributed by atoms with Crippen LogP contribution in [0.15, 0.2) is 121 Å². The van der Waals surface area contributed by atoms with E-state index in [1.54, 1.807) is 0 Å². The highest BCUT2D eigenvalue weighted by Crippen LogP contribution is 2.62. The van der Waals surface area contributed by atoms with E-state index < -0.39 is 0 Å². The third kappa shape index (κ3) is 2.61. The summed E-state index contributed by atoms with van der Waals surface area (Å²) in [5.41, 5.74) is 13.0. The van der Waals surface area contributed by atoms with E-state index in [0.717, 1.165) is 0 Å². The molecule has 36 heavy (non-hydrogen) atoms. The molecular weight excluding hydrogens is 434 g/mol. The molecule has 2 aliphatic rings. The molecule has 174 valence electrons. The standard InChI is InChI=1S/C35H29N/c1-34(2)29-17-9-11-19-31(29)35(32-20-12-10-18-30(32)34)28-16-8-7-15-26(28)27-22-21-25(23-33(27)35)36(3)24-13-5-4-6-14-24/h4-23H,1-3H3. The fourth-order valence-electron chi connectivity index (χ4n) is 6.86. The minimum atomic E-state index is -0.345. The number of para-hydroxylation sites is 1. The van der Waals surface area contributed by atoms with E-state index >= 15 is 0 Å². The van der Waals surface area contributed by atoms with Crippen molar-refractivity contribution in [2.45, 2.75) is 24.7 Å². The average Bonchev–Trinajstić information content (AvgIpc) is 3.23. The Kier molecular flexibility index (Phi) is 4.39. The van der Waals surface area contributed by atoms with Crippen LogP contribution in [0.3, 0.4) is 0 Å². The molecule has 0 saturated carbocycles. The van der Waals surface area contributed by atoms with Gasteiger partial charge in [-0.3, -0.25) is 0 Å². The van der Waals surface area contributed by atoms with Crippen LogP contribution < -0.4 is 4.90 Å². The first kappa shape index (κ1) is 21.2. The van der Waals surface area contributed by atoms with E-state index in [1.165, 1.54) is 55.9 Å². The van der Waals surface area contributed by atoms with Crippen LogP contribution in [0.1, 0.15) is 47.2 Å². The topological polar surface area (TPSA) is 3.24 Å². The van der Waals surface area contributed by atoms with E-state index in [1.807, 2.05) is 0 Å². The zero-order valence-electron chi connectivity index (χ0n) is 21.0. The highest BCUT2D eigenvalue weighted by molar-refractivity contribution is 5.90. The summed E-state index contributed by atoms with van der Waals surface area (Å²) >= 11 is 0. The Balaban J connectivity index is 1.60. The van der Waals surface area contributed by atoms with Crippen LogP contribution in [0.4, 0.5) is 11.4 Å². The van der Waals surface area contributed by atoms with E-state index in [2.05, 4.69) is 147 Å². The maximum atomic E-state index is 2.44. The molecule has 5 aromatic carbocycles. The molecule has 0 fully saturated rings. The molecule has 7 rings (SSSR count). The molecule has 0 N–H and O–H groups in total. The zero-order valence-corrected chi connectivity index (χ0v) is 21.0. The zero-order chi connectivity index (χ0) is 24.5. The van der Waals surface area contributed by atoms with Gasteiger partial charge in [0.1, 0.15) is 0 Å². The summed E-state index contributed by atoms with van der Waals surface area (Å²) < 4.78 is 0. The fourth-order valence-corrected chi connectivity index (χ4v) is 6.86. The van der Waals surface area contributed by atoms with Crippen LogP contribution >= 0.6 is 0 Å². The lowest BCUT2D eigenvalue weighted by molar-refractivity contribution is 0.563. The number of hydrogen-bond donors (Lipinski definition) is 0. The van der Waals surface area contributed by atoms with Gasteiger partial charge >= 0.3 is 0 Å². The number of anilines is 2. The predicted octanol–water partition coefficient (Wildman–Crippen LogP) is 8.46. The SMILES string of the molecule is CN(c1ccccc1)c1ccc2c(c1)C1(c3ccccc3-2)c2ccccc2C(C)(C)c2ccccc21. The van der Waals surface area contributed by atoms with Gasteiger partial charge in [0.15, 0.2) is 0 Å². The predicted molar refractivity (Wildman–Crippen MR) is 150 cm³/mol. The Morgan fingerprint density at radius 3 is 1.58 bits per heavy atom. The maximum absolute atomic E-state index is 2.44. The van der Waals surface area contributed by atoms with Crippen molar-refractivity contribution in [3.8, 4) is 11.1 Å². The van der Waals surface area contributed by atoms with Crippen LogP contribution in [0.5, 0.6) is 0 Å². The molecule has 0 saturated heterocycles. The maximum Gasteiger partial charge on any atom is 0.0720 e. The molecule has 1 spiro atoms. The van der Waals surface area contributed by atoms with E-state index in [0.29, 0.717) is 0 Å². The van der Waals surface area contributed by atoms with Crippen LogP contribution in [0.25, 0.3) is 11.1 Å². The van der Waals surface area contributed by atoms with Crippen molar-refractivity contribution in [1.29, 1.82) is 0 Å². The van der Waals surface area contributed by atoms with Gasteiger partial charge in [-0.1, -0.05) is 111 Å². The molecule has 0 amide bonds. The summed E-state index contributed by atoms with van der Waals surface area (Å²) in [7, 11) is 2.16. The Morgan fingerprint density at radius 2 is 0.944 bits per heavy atom. The first-order valence-corrected chi connectivity index (χ1v) is 12.8. The summed E-state index contributed by atoms with van der Waals surface area (Å²) in [6.45, 7) is 4.75. The van der Waals surface area contributed by atoms with Gasteiger partial charge in [-0.15, -0.1) is 0 Å². The van der Waals surface area contributed by atoms with Crippen molar-refractivity contribution < 1.29 is 0 Å². The molecule has 1 heteroatoms. The lowest BCUT2D eigenvalue weighted by atomic mass is 9.55. The Bertz CT molecular complexity index is 1580. The summed E-state index contributed by atoms with van der Waals surface area (Å²) in [5.74, 6) is 0. The third-order valence-corrected chi connectivity index (χ3v) is 8.57. The number of benzene rings is 5. The molecule has 2 aliphatic carbocycles. The lowest BCUT2D eigenvalue weighted by Gasteiger charge is -2.46. The van der Waals surface area contributed by atoms with Gasteiger partial charge < -0.3 is 4.90 Å². The van der Waals surface area contributed by atoms with Gasteiger partial charge in [0, 0.05) is 23.8 Å². The van der Waals surface area contributed by atoms with Gasteiger partial charge in [0.2, 0.25) is 0 Å². The minimum Gasteiger partial charge on any atom is -0.345 e. The van der Waals surface area contributed by atoms with Gasteiger partial charge in [0.25, 0.3) is 0 Å². The number of nitrogens with zero attached hydrogens (tertiary/aromatic N) is 1. The van der Waals surface area contributed by atoms with Crippen molar-refractivity contribution in [3.63, 3.8) is 0 Å². The quantitative estimate of drug-likeness (QED) is 0.249. The molecule has 0 heterocycles. The molecule has 0 aliphatic heterocycles. The molecule has 0 unspecified atom stereocenters. The summed E-state index contributed by atoms with van der Waals surface area (Å²) in [5, 5.41) is 0. The van der Waals surface area contributed by atoms with E-state index in [9.17, 15) is 0 Å². The van der Waals surface area contributed by atoms with Crippen LogP contribution in [0.2, 0.25) is 0 Å². The second-order valence-electron chi connectivity index (χ2n) is 10.6. The van der Waals surface area contributed by atoms with Crippen LogP contribution in [-0.2, 0) is 10.8 Å². The molecule has 0 bridgehead atoms. The van der Waals surface area contributed by atoms with E-state index in [-0.39, 0.29) is 10.8 Å².